The largest absolute Gasteiger partial charge is 0.393 e. The second-order valence-electron chi connectivity index (χ2n) is 6.35. The van der Waals surface area contributed by atoms with E-state index in [0.29, 0.717) is 0 Å². The van der Waals surface area contributed by atoms with Gasteiger partial charge in [0, 0.05) is 27.9 Å². The highest BCUT2D eigenvalue weighted by molar-refractivity contribution is 9.10. The van der Waals surface area contributed by atoms with Gasteiger partial charge in [-0.2, -0.15) is 0 Å². The van der Waals surface area contributed by atoms with Crippen LogP contribution in [0.25, 0.3) is 10.9 Å². The van der Waals surface area contributed by atoms with Crippen molar-refractivity contribution < 1.29 is 5.11 Å². The third kappa shape index (κ3) is 4.35. The standard InChI is InChI=1S/C20H22BrN3O/c1-13(25)5-3-6-15-11-16-9-10-22-20(19(16)23-12-15)24-18-8-4-7-17(21)14(18)2/h4,7-13,25H,3,5-6H2,1-2H3,(H,22,24)/t13-/m0/s1. The molecule has 0 amide bonds. The zero-order chi connectivity index (χ0) is 17.8. The van der Waals surface area contributed by atoms with E-state index in [1.807, 2.05) is 37.4 Å². The van der Waals surface area contributed by atoms with Crippen LogP contribution < -0.4 is 5.32 Å². The Kier molecular flexibility index (Phi) is 5.66. The van der Waals surface area contributed by atoms with Gasteiger partial charge in [-0.15, -0.1) is 0 Å². The van der Waals surface area contributed by atoms with Gasteiger partial charge in [0.1, 0.15) is 5.52 Å². The second-order valence-corrected chi connectivity index (χ2v) is 7.21. The Hall–Kier alpha value is -1.98. The van der Waals surface area contributed by atoms with Crippen LogP contribution in [0.2, 0.25) is 0 Å². The van der Waals surface area contributed by atoms with Gasteiger partial charge in [-0.1, -0.05) is 22.0 Å². The van der Waals surface area contributed by atoms with Gasteiger partial charge in [-0.05, 0) is 68.5 Å². The smallest absolute Gasteiger partial charge is 0.156 e. The van der Waals surface area contributed by atoms with Crippen molar-refractivity contribution in [3.8, 4) is 0 Å². The van der Waals surface area contributed by atoms with Crippen LogP contribution in [0.3, 0.4) is 0 Å². The van der Waals surface area contributed by atoms with Crippen LogP contribution in [0.5, 0.6) is 0 Å². The average Bonchev–Trinajstić information content (AvgIpc) is 2.59. The molecule has 0 aliphatic rings. The first-order chi connectivity index (χ1) is 12.0. The number of pyridine rings is 2. The fraction of sp³-hybridized carbons (Fsp3) is 0.300. The lowest BCUT2D eigenvalue weighted by Crippen LogP contribution is -2.01. The van der Waals surface area contributed by atoms with Gasteiger partial charge in [0.2, 0.25) is 0 Å². The zero-order valence-electron chi connectivity index (χ0n) is 14.5. The summed E-state index contributed by atoms with van der Waals surface area (Å²) < 4.78 is 1.06. The summed E-state index contributed by atoms with van der Waals surface area (Å²) in [5, 5.41) is 13.9. The number of nitrogens with one attached hydrogen (secondary N) is 1. The highest BCUT2D eigenvalue weighted by Gasteiger charge is 2.08. The summed E-state index contributed by atoms with van der Waals surface area (Å²) in [5.41, 5.74) is 4.19. The number of anilines is 2. The number of aliphatic hydroxyl groups is 1. The van der Waals surface area contributed by atoms with Gasteiger partial charge in [0.25, 0.3) is 0 Å². The molecule has 4 nitrogen and oxygen atoms in total. The monoisotopic (exact) mass is 399 g/mol. The number of hydrogen-bond acceptors (Lipinski definition) is 4. The molecule has 1 atom stereocenters. The molecule has 2 N–H and O–H groups in total. The van der Waals surface area contributed by atoms with E-state index in [4.69, 9.17) is 0 Å². The SMILES string of the molecule is Cc1c(Br)cccc1Nc1nccc2cc(CCC[C@H](C)O)cnc12. The van der Waals surface area contributed by atoms with Crippen molar-refractivity contribution >= 4 is 38.3 Å². The van der Waals surface area contributed by atoms with Crippen LogP contribution in [0.4, 0.5) is 11.5 Å². The van der Waals surface area contributed by atoms with Crippen LogP contribution in [0.1, 0.15) is 30.9 Å². The molecule has 3 rings (SSSR count). The number of aryl methyl sites for hydroxylation is 1. The minimum absolute atomic E-state index is 0.248. The average molecular weight is 400 g/mol. The highest BCUT2D eigenvalue weighted by atomic mass is 79.9. The summed E-state index contributed by atoms with van der Waals surface area (Å²) >= 11 is 3.56. The predicted octanol–water partition coefficient (Wildman–Crippen LogP) is 5.15. The summed E-state index contributed by atoms with van der Waals surface area (Å²) in [6.45, 7) is 3.89. The topological polar surface area (TPSA) is 58.0 Å². The summed E-state index contributed by atoms with van der Waals surface area (Å²) in [5.74, 6) is 0.759. The molecule has 0 saturated heterocycles. The van der Waals surface area contributed by atoms with Crippen molar-refractivity contribution in [1.82, 2.24) is 9.97 Å². The molecule has 130 valence electrons. The maximum Gasteiger partial charge on any atom is 0.156 e. The van der Waals surface area contributed by atoms with Crippen molar-refractivity contribution in [3.05, 3.63) is 58.3 Å². The molecule has 0 bridgehead atoms. The third-order valence-corrected chi connectivity index (χ3v) is 5.12. The zero-order valence-corrected chi connectivity index (χ0v) is 16.0. The molecule has 0 fully saturated rings. The first-order valence-corrected chi connectivity index (χ1v) is 9.27. The minimum Gasteiger partial charge on any atom is -0.393 e. The van der Waals surface area contributed by atoms with Gasteiger partial charge in [0.15, 0.2) is 5.82 Å². The van der Waals surface area contributed by atoms with E-state index in [2.05, 4.69) is 44.2 Å². The number of rotatable bonds is 6. The van der Waals surface area contributed by atoms with Crippen LogP contribution in [-0.4, -0.2) is 21.2 Å². The first-order valence-electron chi connectivity index (χ1n) is 8.48. The molecule has 1 aromatic carbocycles. The molecule has 0 spiro atoms. The molecule has 2 aromatic heterocycles. The fourth-order valence-electron chi connectivity index (χ4n) is 2.81. The van der Waals surface area contributed by atoms with Crippen molar-refractivity contribution in [2.24, 2.45) is 0 Å². The number of aromatic nitrogens is 2. The first kappa shape index (κ1) is 17.8. The van der Waals surface area contributed by atoms with E-state index in [1.54, 1.807) is 6.20 Å². The van der Waals surface area contributed by atoms with Crippen molar-refractivity contribution in [1.29, 1.82) is 0 Å². The third-order valence-electron chi connectivity index (χ3n) is 4.26. The molecule has 5 heteroatoms. The maximum atomic E-state index is 9.39. The van der Waals surface area contributed by atoms with Crippen molar-refractivity contribution in [3.63, 3.8) is 0 Å². The normalized spacial score (nSPS) is 12.3. The van der Waals surface area contributed by atoms with Crippen LogP contribution in [0, 0.1) is 6.92 Å². The second kappa shape index (κ2) is 7.93. The fourth-order valence-corrected chi connectivity index (χ4v) is 3.17. The van der Waals surface area contributed by atoms with Crippen molar-refractivity contribution in [2.75, 3.05) is 5.32 Å². The summed E-state index contributed by atoms with van der Waals surface area (Å²) in [4.78, 5) is 9.09. The Morgan fingerprint density at radius 3 is 2.88 bits per heavy atom. The van der Waals surface area contributed by atoms with Gasteiger partial charge in [-0.25, -0.2) is 4.98 Å². The van der Waals surface area contributed by atoms with Gasteiger partial charge < -0.3 is 10.4 Å². The molecule has 0 radical (unpaired) electrons. The number of nitrogens with zero attached hydrogens (tertiary/aromatic N) is 2. The number of halogens is 1. The van der Waals surface area contributed by atoms with Gasteiger partial charge in [0.05, 0.1) is 6.10 Å². The molecule has 0 aliphatic carbocycles. The molecule has 25 heavy (non-hydrogen) atoms. The van der Waals surface area contributed by atoms with E-state index >= 15 is 0 Å². The minimum atomic E-state index is -0.248. The van der Waals surface area contributed by atoms with E-state index in [9.17, 15) is 5.11 Å². The lowest BCUT2D eigenvalue weighted by Gasteiger charge is -2.12. The number of hydrogen-bond donors (Lipinski definition) is 2. The van der Waals surface area contributed by atoms with Crippen molar-refractivity contribution in [2.45, 2.75) is 39.2 Å². The summed E-state index contributed by atoms with van der Waals surface area (Å²) in [6, 6.07) is 10.2. The van der Waals surface area contributed by atoms with Gasteiger partial charge in [-0.3, -0.25) is 4.98 Å². The maximum absolute atomic E-state index is 9.39. The summed E-state index contributed by atoms with van der Waals surface area (Å²) in [7, 11) is 0. The molecule has 0 unspecified atom stereocenters. The van der Waals surface area contributed by atoms with E-state index in [1.165, 1.54) is 5.56 Å². The molecular formula is C20H22BrN3O. The Labute approximate surface area is 156 Å². The number of fused-ring (bicyclic) bond motifs is 1. The molecular weight excluding hydrogens is 378 g/mol. The molecule has 2 heterocycles. The Balaban J connectivity index is 1.86. The molecule has 0 aliphatic heterocycles. The van der Waals surface area contributed by atoms with Crippen LogP contribution >= 0.6 is 15.9 Å². The Morgan fingerprint density at radius 2 is 2.08 bits per heavy atom. The molecule has 0 saturated carbocycles. The van der Waals surface area contributed by atoms with E-state index < -0.39 is 0 Å². The number of aliphatic hydroxyl groups excluding tert-OH is 1. The Bertz CT molecular complexity index is 880. The quantitative estimate of drug-likeness (QED) is 0.601. The Morgan fingerprint density at radius 1 is 1.24 bits per heavy atom. The van der Waals surface area contributed by atoms with E-state index in [0.717, 1.165) is 51.7 Å². The van der Waals surface area contributed by atoms with E-state index in [-0.39, 0.29) is 6.10 Å². The predicted molar refractivity (Wildman–Crippen MR) is 106 cm³/mol. The number of benzene rings is 1. The summed E-state index contributed by atoms with van der Waals surface area (Å²) in [6.07, 6.45) is 6.15. The van der Waals surface area contributed by atoms with Gasteiger partial charge >= 0.3 is 0 Å². The lowest BCUT2D eigenvalue weighted by atomic mass is 10.1. The highest BCUT2D eigenvalue weighted by Crippen LogP contribution is 2.28. The molecule has 3 aromatic rings. The lowest BCUT2D eigenvalue weighted by molar-refractivity contribution is 0.181. The van der Waals surface area contributed by atoms with Crippen LogP contribution in [0.15, 0.2) is 47.2 Å². The van der Waals surface area contributed by atoms with Crippen LogP contribution in [-0.2, 0) is 6.42 Å².